The van der Waals surface area contributed by atoms with Crippen LogP contribution in [-0.4, -0.2) is 24.2 Å². The van der Waals surface area contributed by atoms with E-state index in [0.717, 1.165) is 5.92 Å². The molecule has 3 atom stereocenters. The van der Waals surface area contributed by atoms with Gasteiger partial charge in [0, 0.05) is 6.54 Å². The molecule has 46 valence electrons. The molecule has 0 saturated carbocycles. The summed E-state index contributed by atoms with van der Waals surface area (Å²) in [6, 6.07) is 0. The van der Waals surface area contributed by atoms with Crippen LogP contribution in [0.5, 0.6) is 0 Å². The molecule has 2 heteroatoms. The number of hydrogen-bond donors (Lipinski definition) is 1. The van der Waals surface area contributed by atoms with Crippen LogP contribution in [0.15, 0.2) is 0 Å². The van der Waals surface area contributed by atoms with E-state index in [2.05, 4.69) is 4.90 Å². The Kier molecular flexibility index (Phi) is 0.866. The Morgan fingerprint density at radius 1 is 1.50 bits per heavy atom. The van der Waals surface area contributed by atoms with Crippen LogP contribution in [-0.2, 0) is 0 Å². The average molecular weight is 112 g/mol. The molecule has 2 rings (SSSR count). The number of piperidine rings is 1. The van der Waals surface area contributed by atoms with Gasteiger partial charge in [0.25, 0.3) is 0 Å². The summed E-state index contributed by atoms with van der Waals surface area (Å²) in [6.45, 7) is 2.53. The molecule has 2 aliphatic heterocycles. The lowest BCUT2D eigenvalue weighted by Gasteiger charge is -2.19. The second kappa shape index (κ2) is 1.45. The van der Waals surface area contributed by atoms with Crippen LogP contribution in [0.3, 0.4) is 0 Å². The van der Waals surface area contributed by atoms with Crippen molar-refractivity contribution in [1.29, 1.82) is 0 Å². The largest absolute Gasteiger partial charge is 0.316 e. The molecule has 2 aliphatic rings. The highest BCUT2D eigenvalue weighted by Crippen LogP contribution is 2.29. The molecule has 0 aliphatic carbocycles. The first-order valence-electron chi connectivity index (χ1n) is 3.36. The van der Waals surface area contributed by atoms with Crippen molar-refractivity contribution in [3.05, 3.63) is 0 Å². The molecule has 8 heavy (non-hydrogen) atoms. The molecule has 2 bridgehead atoms. The van der Waals surface area contributed by atoms with Crippen molar-refractivity contribution in [1.82, 2.24) is 4.90 Å². The number of nitrogens with two attached hydrogens (primary N) is 1. The minimum absolute atomic E-state index is 0.411. The van der Waals surface area contributed by atoms with Crippen molar-refractivity contribution in [3.8, 4) is 0 Å². The summed E-state index contributed by atoms with van der Waals surface area (Å²) in [4.78, 5) is 2.38. The highest BCUT2D eigenvalue weighted by Gasteiger charge is 2.34. The van der Waals surface area contributed by atoms with Crippen LogP contribution in [0.25, 0.3) is 0 Å². The molecule has 0 aromatic carbocycles. The monoisotopic (exact) mass is 112 g/mol. The van der Waals surface area contributed by atoms with Gasteiger partial charge in [0.2, 0.25) is 0 Å². The van der Waals surface area contributed by atoms with Crippen LogP contribution in [0, 0.1) is 5.92 Å². The summed E-state index contributed by atoms with van der Waals surface area (Å²) < 4.78 is 0. The fourth-order valence-corrected chi connectivity index (χ4v) is 1.85. The fraction of sp³-hybridized carbons (Fsp3) is 1.00. The van der Waals surface area contributed by atoms with E-state index < -0.39 is 0 Å². The molecule has 2 N–H and O–H groups in total. The Hall–Kier alpha value is -0.0800. The van der Waals surface area contributed by atoms with E-state index in [1.54, 1.807) is 0 Å². The van der Waals surface area contributed by atoms with Crippen molar-refractivity contribution in [3.63, 3.8) is 0 Å². The first kappa shape index (κ1) is 4.77. The number of nitrogens with zero attached hydrogens (tertiary/aromatic N) is 1. The maximum atomic E-state index is 5.75. The predicted octanol–water partition coefficient (Wildman–Crippen LogP) is -0.00320. The Labute approximate surface area is 49.7 Å². The second-order valence-electron chi connectivity index (χ2n) is 2.95. The van der Waals surface area contributed by atoms with E-state index >= 15 is 0 Å². The molecule has 2 saturated heterocycles. The zero-order valence-electron chi connectivity index (χ0n) is 5.01. The molecule has 2 unspecified atom stereocenters. The van der Waals surface area contributed by atoms with Gasteiger partial charge < -0.3 is 5.73 Å². The quantitative estimate of drug-likeness (QED) is 0.478. The van der Waals surface area contributed by atoms with E-state index in [9.17, 15) is 0 Å². The van der Waals surface area contributed by atoms with E-state index in [0.29, 0.717) is 6.17 Å². The van der Waals surface area contributed by atoms with Crippen molar-refractivity contribution in [2.75, 3.05) is 13.1 Å². The van der Waals surface area contributed by atoms with E-state index in [4.69, 9.17) is 5.73 Å². The van der Waals surface area contributed by atoms with Gasteiger partial charge in [0.15, 0.2) is 0 Å². The molecule has 0 spiro atoms. The average Bonchev–Trinajstić information content (AvgIpc) is 2.23. The molecular weight excluding hydrogens is 100 g/mol. The van der Waals surface area contributed by atoms with Crippen molar-refractivity contribution in [2.45, 2.75) is 19.0 Å². The third kappa shape index (κ3) is 0.501. The highest BCUT2D eigenvalue weighted by atomic mass is 15.3. The lowest BCUT2D eigenvalue weighted by Crippen LogP contribution is -2.36. The Morgan fingerprint density at radius 2 is 2.38 bits per heavy atom. The van der Waals surface area contributed by atoms with Gasteiger partial charge in [-0.2, -0.15) is 0 Å². The van der Waals surface area contributed by atoms with Gasteiger partial charge >= 0.3 is 0 Å². The summed E-state index contributed by atoms with van der Waals surface area (Å²) in [5.74, 6) is 0.949. The minimum atomic E-state index is 0.411. The summed E-state index contributed by atoms with van der Waals surface area (Å²) >= 11 is 0. The van der Waals surface area contributed by atoms with Crippen molar-refractivity contribution in [2.24, 2.45) is 11.7 Å². The maximum absolute atomic E-state index is 5.75. The molecule has 0 radical (unpaired) electrons. The van der Waals surface area contributed by atoms with Gasteiger partial charge in [0.05, 0.1) is 6.17 Å². The third-order valence-corrected chi connectivity index (χ3v) is 2.36. The zero-order valence-corrected chi connectivity index (χ0v) is 5.01. The van der Waals surface area contributed by atoms with Gasteiger partial charge in [-0.05, 0) is 25.3 Å². The fourth-order valence-electron chi connectivity index (χ4n) is 1.85. The lowest BCUT2D eigenvalue weighted by molar-refractivity contribution is 0.268. The van der Waals surface area contributed by atoms with E-state index in [1.165, 1.54) is 25.9 Å². The number of fused-ring (bicyclic) bond motifs is 2. The summed E-state index contributed by atoms with van der Waals surface area (Å²) in [5.41, 5.74) is 5.75. The smallest absolute Gasteiger partial charge is 0.0574 e. The zero-order chi connectivity index (χ0) is 5.56. The Bertz CT molecular complexity index is 101. The van der Waals surface area contributed by atoms with Crippen molar-refractivity contribution >= 4 is 0 Å². The SMILES string of the molecule is N[C@@H]1CC2CCN1C2. The lowest BCUT2D eigenvalue weighted by atomic mass is 10.1. The third-order valence-electron chi connectivity index (χ3n) is 2.36. The highest BCUT2D eigenvalue weighted by molar-refractivity contribution is 4.88. The van der Waals surface area contributed by atoms with Crippen LogP contribution < -0.4 is 5.73 Å². The number of rotatable bonds is 0. The normalized spacial score (nSPS) is 52.9. The molecule has 2 fully saturated rings. The van der Waals surface area contributed by atoms with Gasteiger partial charge in [-0.1, -0.05) is 0 Å². The summed E-state index contributed by atoms with van der Waals surface area (Å²) in [5, 5.41) is 0. The van der Waals surface area contributed by atoms with Crippen LogP contribution in [0.2, 0.25) is 0 Å². The van der Waals surface area contributed by atoms with Gasteiger partial charge in [-0.15, -0.1) is 0 Å². The van der Waals surface area contributed by atoms with Gasteiger partial charge in [-0.25, -0.2) is 0 Å². The topological polar surface area (TPSA) is 29.3 Å². The molecule has 2 heterocycles. The minimum Gasteiger partial charge on any atom is -0.316 e. The molecule has 0 aromatic heterocycles. The first-order valence-corrected chi connectivity index (χ1v) is 3.36. The van der Waals surface area contributed by atoms with E-state index in [-0.39, 0.29) is 0 Å². The van der Waals surface area contributed by atoms with Crippen LogP contribution in [0.1, 0.15) is 12.8 Å². The first-order chi connectivity index (χ1) is 3.86. The Morgan fingerprint density at radius 3 is 2.62 bits per heavy atom. The van der Waals surface area contributed by atoms with Crippen LogP contribution >= 0.6 is 0 Å². The van der Waals surface area contributed by atoms with E-state index in [1.807, 2.05) is 0 Å². The summed E-state index contributed by atoms with van der Waals surface area (Å²) in [7, 11) is 0. The van der Waals surface area contributed by atoms with Crippen LogP contribution in [0.4, 0.5) is 0 Å². The molecule has 0 amide bonds. The summed E-state index contributed by atoms with van der Waals surface area (Å²) in [6.07, 6.45) is 3.06. The number of hydrogen-bond acceptors (Lipinski definition) is 2. The Balaban J connectivity index is 2.11. The predicted molar refractivity (Wildman–Crippen MR) is 32.3 cm³/mol. The second-order valence-corrected chi connectivity index (χ2v) is 2.95. The molecule has 2 nitrogen and oxygen atoms in total. The van der Waals surface area contributed by atoms with Gasteiger partial charge in [-0.3, -0.25) is 4.90 Å². The van der Waals surface area contributed by atoms with Crippen molar-refractivity contribution < 1.29 is 0 Å². The maximum Gasteiger partial charge on any atom is 0.0574 e. The molecular formula is C6H12N2. The standard InChI is InChI=1S/C6H12N2/c7-6-3-5-1-2-8(6)4-5/h5-6H,1-4,7H2/t5?,6-/m0/s1. The van der Waals surface area contributed by atoms with Gasteiger partial charge in [0.1, 0.15) is 0 Å². The molecule has 0 aromatic rings.